The highest BCUT2D eigenvalue weighted by molar-refractivity contribution is 5.80. The van der Waals surface area contributed by atoms with Gasteiger partial charge in [-0.3, -0.25) is 15.1 Å². The van der Waals surface area contributed by atoms with Crippen LogP contribution < -0.4 is 4.74 Å². The van der Waals surface area contributed by atoms with E-state index >= 15 is 0 Å². The van der Waals surface area contributed by atoms with Crippen LogP contribution in [-0.2, 0) is 19.3 Å². The van der Waals surface area contributed by atoms with Crippen LogP contribution in [0.5, 0.6) is 5.75 Å². The minimum Gasteiger partial charge on any atom is -0.492 e. The lowest BCUT2D eigenvalue weighted by atomic mass is 9.84. The molecule has 6 rings (SSSR count). The second kappa shape index (κ2) is 6.65. The Morgan fingerprint density at radius 1 is 0.966 bits per heavy atom. The molecule has 1 aliphatic heterocycles. The lowest BCUT2D eigenvalue weighted by Crippen LogP contribution is -2.17. The molecular formula is C23H21N5O. The Morgan fingerprint density at radius 3 is 2.90 bits per heavy atom. The van der Waals surface area contributed by atoms with Gasteiger partial charge in [-0.15, -0.1) is 0 Å². The zero-order chi connectivity index (χ0) is 19.2. The largest absolute Gasteiger partial charge is 0.492 e. The van der Waals surface area contributed by atoms with Gasteiger partial charge in [0.1, 0.15) is 5.75 Å². The number of ether oxygens (including phenoxy) is 1. The molecule has 0 saturated heterocycles. The standard InChI is InChI=1S/C23H21N5O/c1-2-20-22(29-7-1)6-5-19(27-20)15-4-3-14-8-16(11-24-21(14)10-15)17-9-18-13-26-28-23(18)25-12-17/h5-6,8-9,11-13,15H,1-4,7,10H2,(H,25,26,28). The first-order chi connectivity index (χ1) is 14.3. The molecule has 1 atom stereocenters. The quantitative estimate of drug-likeness (QED) is 0.566. The van der Waals surface area contributed by atoms with Crippen molar-refractivity contribution in [3.63, 3.8) is 0 Å². The molecular weight excluding hydrogens is 362 g/mol. The van der Waals surface area contributed by atoms with E-state index in [1.165, 1.54) is 17.0 Å². The zero-order valence-electron chi connectivity index (χ0n) is 16.1. The number of hydrogen-bond acceptors (Lipinski definition) is 5. The molecule has 144 valence electrons. The summed E-state index contributed by atoms with van der Waals surface area (Å²) in [6.45, 7) is 0.806. The van der Waals surface area contributed by atoms with Crippen LogP contribution in [0.15, 0.2) is 42.9 Å². The Kier molecular flexibility index (Phi) is 3.82. The molecule has 29 heavy (non-hydrogen) atoms. The lowest BCUT2D eigenvalue weighted by molar-refractivity contribution is 0.284. The molecule has 0 radical (unpaired) electrons. The van der Waals surface area contributed by atoms with Crippen LogP contribution in [0, 0.1) is 0 Å². The number of hydrogen-bond donors (Lipinski definition) is 1. The number of fused-ring (bicyclic) bond motifs is 3. The predicted octanol–water partition coefficient (Wildman–Crippen LogP) is 4.01. The van der Waals surface area contributed by atoms with Gasteiger partial charge >= 0.3 is 0 Å². The van der Waals surface area contributed by atoms with Crippen molar-refractivity contribution in [2.45, 2.75) is 38.0 Å². The number of pyridine rings is 3. The van der Waals surface area contributed by atoms with Gasteiger partial charge in [-0.25, -0.2) is 4.98 Å². The summed E-state index contributed by atoms with van der Waals surface area (Å²) in [6, 6.07) is 8.62. The third kappa shape index (κ3) is 2.95. The van der Waals surface area contributed by atoms with E-state index < -0.39 is 0 Å². The molecule has 0 saturated carbocycles. The van der Waals surface area contributed by atoms with Crippen molar-refractivity contribution in [3.8, 4) is 16.9 Å². The first-order valence-corrected chi connectivity index (χ1v) is 10.2. The highest BCUT2D eigenvalue weighted by Gasteiger charge is 2.24. The van der Waals surface area contributed by atoms with Crippen molar-refractivity contribution in [1.29, 1.82) is 0 Å². The Bertz CT molecular complexity index is 1220. The number of nitrogens with zero attached hydrogens (tertiary/aromatic N) is 4. The van der Waals surface area contributed by atoms with Crippen molar-refractivity contribution in [3.05, 3.63) is 65.5 Å². The second-order valence-electron chi connectivity index (χ2n) is 7.93. The summed E-state index contributed by atoms with van der Waals surface area (Å²) in [4.78, 5) is 14.2. The normalized spacial score (nSPS) is 18.1. The summed E-state index contributed by atoms with van der Waals surface area (Å²) in [5, 5.41) is 7.97. The molecule has 1 N–H and O–H groups in total. The van der Waals surface area contributed by atoms with Crippen molar-refractivity contribution >= 4 is 11.0 Å². The molecule has 2 aliphatic rings. The minimum absolute atomic E-state index is 0.428. The van der Waals surface area contributed by atoms with Gasteiger partial charge in [0.05, 0.1) is 18.5 Å². The summed E-state index contributed by atoms with van der Waals surface area (Å²) in [5.41, 5.74) is 7.83. The average molecular weight is 383 g/mol. The fraction of sp³-hybridized carbons (Fsp3) is 0.304. The van der Waals surface area contributed by atoms with Gasteiger partial charge in [-0.2, -0.15) is 5.10 Å². The molecule has 1 aliphatic carbocycles. The highest BCUT2D eigenvalue weighted by Crippen LogP contribution is 2.34. The van der Waals surface area contributed by atoms with E-state index in [0.29, 0.717) is 5.92 Å². The maximum absolute atomic E-state index is 5.71. The molecule has 5 heterocycles. The topological polar surface area (TPSA) is 76.6 Å². The summed E-state index contributed by atoms with van der Waals surface area (Å²) in [5.74, 6) is 1.39. The molecule has 1 unspecified atom stereocenters. The Morgan fingerprint density at radius 2 is 1.90 bits per heavy atom. The SMILES string of the molecule is c1nc2c(cc1-c1cnc3[nH]ncc3c1)CCC(c1ccc3c(n1)CCCO3)C2. The van der Waals surface area contributed by atoms with Crippen molar-refractivity contribution in [2.75, 3.05) is 6.61 Å². The second-order valence-corrected chi connectivity index (χ2v) is 7.93. The first kappa shape index (κ1) is 16.7. The molecule has 0 amide bonds. The number of H-pyrrole nitrogens is 1. The number of nitrogens with one attached hydrogen (secondary N) is 1. The van der Waals surface area contributed by atoms with E-state index in [4.69, 9.17) is 14.7 Å². The van der Waals surface area contributed by atoms with Crippen LogP contribution in [0.2, 0.25) is 0 Å². The van der Waals surface area contributed by atoms with Crippen LogP contribution >= 0.6 is 0 Å². The van der Waals surface area contributed by atoms with E-state index in [0.717, 1.165) is 72.3 Å². The van der Waals surface area contributed by atoms with Crippen LogP contribution in [0.1, 0.15) is 41.4 Å². The molecule has 6 heteroatoms. The van der Waals surface area contributed by atoms with Crippen LogP contribution in [0.25, 0.3) is 22.2 Å². The summed E-state index contributed by atoms with van der Waals surface area (Å²) < 4.78 is 5.71. The molecule has 0 bridgehead atoms. The van der Waals surface area contributed by atoms with E-state index in [1.807, 2.05) is 12.4 Å². The van der Waals surface area contributed by atoms with Crippen molar-refractivity contribution in [2.24, 2.45) is 0 Å². The van der Waals surface area contributed by atoms with Gasteiger partial charge in [-0.1, -0.05) is 0 Å². The Labute approximate surface area is 168 Å². The number of aryl methyl sites for hydroxylation is 2. The van der Waals surface area contributed by atoms with Gasteiger partial charge in [0, 0.05) is 46.2 Å². The fourth-order valence-corrected chi connectivity index (χ4v) is 4.47. The third-order valence-electron chi connectivity index (χ3n) is 6.07. The summed E-state index contributed by atoms with van der Waals surface area (Å²) in [6.07, 6.45) is 10.8. The van der Waals surface area contributed by atoms with Crippen LogP contribution in [0.4, 0.5) is 0 Å². The molecule has 4 aromatic heterocycles. The van der Waals surface area contributed by atoms with Gasteiger partial charge in [0.2, 0.25) is 0 Å². The predicted molar refractivity (Wildman–Crippen MR) is 110 cm³/mol. The Hall–Kier alpha value is -3.28. The van der Waals surface area contributed by atoms with Gasteiger partial charge in [0.15, 0.2) is 5.65 Å². The lowest BCUT2D eigenvalue weighted by Gasteiger charge is -2.25. The maximum Gasteiger partial charge on any atom is 0.155 e. The summed E-state index contributed by atoms with van der Waals surface area (Å²) >= 11 is 0. The maximum atomic E-state index is 5.71. The van der Waals surface area contributed by atoms with Crippen LogP contribution in [-0.4, -0.2) is 31.8 Å². The molecule has 4 aromatic rings. The van der Waals surface area contributed by atoms with E-state index in [2.05, 4.69) is 39.4 Å². The fourth-order valence-electron chi connectivity index (χ4n) is 4.47. The first-order valence-electron chi connectivity index (χ1n) is 10.2. The third-order valence-corrected chi connectivity index (χ3v) is 6.07. The Balaban J connectivity index is 1.28. The molecule has 0 aromatic carbocycles. The zero-order valence-corrected chi connectivity index (χ0v) is 16.1. The monoisotopic (exact) mass is 383 g/mol. The summed E-state index contributed by atoms with van der Waals surface area (Å²) in [7, 11) is 0. The van der Waals surface area contributed by atoms with Gasteiger partial charge < -0.3 is 4.74 Å². The van der Waals surface area contributed by atoms with Crippen molar-refractivity contribution in [1.82, 2.24) is 25.1 Å². The molecule has 0 fully saturated rings. The smallest absolute Gasteiger partial charge is 0.155 e. The van der Waals surface area contributed by atoms with E-state index in [-0.39, 0.29) is 0 Å². The highest BCUT2D eigenvalue weighted by atomic mass is 16.5. The number of rotatable bonds is 2. The minimum atomic E-state index is 0.428. The van der Waals surface area contributed by atoms with Crippen LogP contribution in [0.3, 0.4) is 0 Å². The number of aromatic amines is 1. The van der Waals surface area contributed by atoms with Gasteiger partial charge in [0.25, 0.3) is 0 Å². The molecule has 0 spiro atoms. The van der Waals surface area contributed by atoms with E-state index in [9.17, 15) is 0 Å². The van der Waals surface area contributed by atoms with Gasteiger partial charge in [-0.05, 0) is 61.9 Å². The average Bonchev–Trinajstić information content (AvgIpc) is 3.26. The van der Waals surface area contributed by atoms with E-state index in [1.54, 1.807) is 6.20 Å². The molecule has 6 nitrogen and oxygen atoms in total. The van der Waals surface area contributed by atoms with Crippen molar-refractivity contribution < 1.29 is 4.74 Å². The number of aromatic nitrogens is 5.